The van der Waals surface area contributed by atoms with Gasteiger partial charge in [0.15, 0.2) is 0 Å². The van der Waals surface area contributed by atoms with E-state index in [-0.39, 0.29) is 5.84 Å². The van der Waals surface area contributed by atoms with E-state index in [2.05, 4.69) is 0 Å². The van der Waals surface area contributed by atoms with Crippen molar-refractivity contribution in [2.24, 2.45) is 5.73 Å². The Labute approximate surface area is 104 Å². The van der Waals surface area contributed by atoms with Gasteiger partial charge in [-0.3, -0.25) is 5.41 Å². The molecule has 0 radical (unpaired) electrons. The van der Waals surface area contributed by atoms with Gasteiger partial charge in [-0.1, -0.05) is 11.6 Å². The summed E-state index contributed by atoms with van der Waals surface area (Å²) in [6.45, 7) is 0.695. The first-order valence-corrected chi connectivity index (χ1v) is 5.62. The smallest absolute Gasteiger partial charge is 0.122 e. The summed E-state index contributed by atoms with van der Waals surface area (Å²) in [7, 11) is 0. The first-order chi connectivity index (χ1) is 7.99. The molecule has 92 valence electrons. The third kappa shape index (κ3) is 2.36. The second kappa shape index (κ2) is 4.52. The molecule has 2 atom stereocenters. The minimum absolute atomic E-state index is 0.0417. The highest BCUT2D eigenvalue weighted by molar-refractivity contribution is 6.33. The van der Waals surface area contributed by atoms with Crippen LogP contribution in [0.5, 0.6) is 0 Å². The van der Waals surface area contributed by atoms with E-state index in [4.69, 9.17) is 22.7 Å². The summed E-state index contributed by atoms with van der Waals surface area (Å²) in [5.74, 6) is -0.0417. The molecule has 1 heterocycles. The van der Waals surface area contributed by atoms with E-state index in [1.165, 1.54) is 0 Å². The van der Waals surface area contributed by atoms with Crippen LogP contribution in [0, 0.1) is 5.41 Å². The molecule has 1 aromatic rings. The van der Waals surface area contributed by atoms with Crippen LogP contribution in [-0.4, -0.2) is 41.3 Å². The third-order valence-electron chi connectivity index (χ3n) is 2.86. The fourth-order valence-corrected chi connectivity index (χ4v) is 2.20. The van der Waals surface area contributed by atoms with Gasteiger partial charge in [-0.25, -0.2) is 0 Å². The Morgan fingerprint density at radius 1 is 1.35 bits per heavy atom. The van der Waals surface area contributed by atoms with Gasteiger partial charge in [-0.15, -0.1) is 0 Å². The normalized spacial score (nSPS) is 24.1. The number of nitrogens with zero attached hydrogens (tertiary/aromatic N) is 1. The number of anilines is 1. The molecule has 0 aliphatic carbocycles. The quantitative estimate of drug-likeness (QED) is 0.448. The number of halogens is 1. The van der Waals surface area contributed by atoms with Crippen LogP contribution >= 0.6 is 11.6 Å². The number of rotatable bonds is 2. The highest BCUT2D eigenvalue weighted by Crippen LogP contribution is 2.29. The van der Waals surface area contributed by atoms with E-state index >= 15 is 0 Å². The molecule has 0 amide bonds. The molecule has 1 aromatic carbocycles. The SMILES string of the molecule is N=C(N)c1ccc(N2CC(O)C(O)C2)c(Cl)c1. The molecule has 5 nitrogen and oxygen atoms in total. The van der Waals surface area contributed by atoms with E-state index in [9.17, 15) is 10.2 Å². The highest BCUT2D eigenvalue weighted by atomic mass is 35.5. The summed E-state index contributed by atoms with van der Waals surface area (Å²) >= 11 is 6.09. The van der Waals surface area contributed by atoms with Crippen LogP contribution in [0.1, 0.15) is 5.56 Å². The number of benzene rings is 1. The third-order valence-corrected chi connectivity index (χ3v) is 3.16. The van der Waals surface area contributed by atoms with Crippen LogP contribution in [-0.2, 0) is 0 Å². The Morgan fingerprint density at radius 3 is 2.41 bits per heavy atom. The monoisotopic (exact) mass is 255 g/mol. The molecule has 2 rings (SSSR count). The van der Waals surface area contributed by atoms with Crippen LogP contribution in [0.2, 0.25) is 5.02 Å². The second-order valence-electron chi connectivity index (χ2n) is 4.12. The zero-order valence-corrected chi connectivity index (χ0v) is 9.85. The molecule has 5 N–H and O–H groups in total. The molecular weight excluding hydrogens is 242 g/mol. The van der Waals surface area contributed by atoms with Gasteiger partial charge in [-0.05, 0) is 18.2 Å². The zero-order valence-electron chi connectivity index (χ0n) is 9.10. The number of nitrogens with two attached hydrogens (primary N) is 1. The van der Waals surface area contributed by atoms with E-state index < -0.39 is 12.2 Å². The first-order valence-electron chi connectivity index (χ1n) is 5.24. The number of amidine groups is 1. The molecule has 17 heavy (non-hydrogen) atoms. The van der Waals surface area contributed by atoms with E-state index in [1.54, 1.807) is 18.2 Å². The summed E-state index contributed by atoms with van der Waals surface area (Å²) in [5.41, 5.74) is 6.64. The van der Waals surface area contributed by atoms with Gasteiger partial charge in [0.2, 0.25) is 0 Å². The number of β-amino-alcohol motifs (C(OH)–C–C–N with tert-alkyl or cyclic N) is 2. The maximum Gasteiger partial charge on any atom is 0.122 e. The molecule has 0 bridgehead atoms. The number of nitrogens with one attached hydrogen (secondary N) is 1. The lowest BCUT2D eigenvalue weighted by atomic mass is 10.2. The molecule has 2 unspecified atom stereocenters. The standard InChI is InChI=1S/C11H14ClN3O2/c12-7-3-6(11(13)14)1-2-8(7)15-4-9(16)10(17)5-15/h1-3,9-10,16-17H,4-5H2,(H3,13,14). The molecule has 6 heteroatoms. The topological polar surface area (TPSA) is 93.6 Å². The number of nitrogen functional groups attached to an aromatic ring is 1. The van der Waals surface area contributed by atoms with Crippen molar-refractivity contribution in [2.75, 3.05) is 18.0 Å². The average molecular weight is 256 g/mol. The van der Waals surface area contributed by atoms with Gasteiger partial charge in [0, 0.05) is 18.7 Å². The zero-order chi connectivity index (χ0) is 12.6. The van der Waals surface area contributed by atoms with Gasteiger partial charge in [0.25, 0.3) is 0 Å². The number of hydrogen-bond donors (Lipinski definition) is 4. The van der Waals surface area contributed by atoms with Gasteiger partial charge < -0.3 is 20.8 Å². The van der Waals surface area contributed by atoms with Crippen LogP contribution < -0.4 is 10.6 Å². The summed E-state index contributed by atoms with van der Waals surface area (Å²) in [5, 5.41) is 26.7. The minimum Gasteiger partial charge on any atom is -0.389 e. The molecule has 1 aliphatic heterocycles. The van der Waals surface area contributed by atoms with E-state index in [0.29, 0.717) is 23.7 Å². The van der Waals surface area contributed by atoms with Gasteiger partial charge in [0.05, 0.1) is 22.9 Å². The lowest BCUT2D eigenvalue weighted by molar-refractivity contribution is 0.0572. The fourth-order valence-electron chi connectivity index (χ4n) is 1.90. The van der Waals surface area contributed by atoms with Crippen molar-refractivity contribution in [1.29, 1.82) is 5.41 Å². The summed E-state index contributed by atoms with van der Waals surface area (Å²) in [6, 6.07) is 5.04. The summed E-state index contributed by atoms with van der Waals surface area (Å²) in [6.07, 6.45) is -1.50. The van der Waals surface area contributed by atoms with Crippen molar-refractivity contribution in [1.82, 2.24) is 0 Å². The molecule has 0 aromatic heterocycles. The molecule has 0 spiro atoms. The van der Waals surface area contributed by atoms with Crippen LogP contribution in [0.4, 0.5) is 5.69 Å². The van der Waals surface area contributed by atoms with Crippen molar-refractivity contribution in [3.05, 3.63) is 28.8 Å². The maximum atomic E-state index is 9.47. The molecule has 1 aliphatic rings. The van der Waals surface area contributed by atoms with E-state index in [0.717, 1.165) is 5.69 Å². The largest absolute Gasteiger partial charge is 0.389 e. The van der Waals surface area contributed by atoms with Crippen molar-refractivity contribution in [3.63, 3.8) is 0 Å². The Hall–Kier alpha value is -1.30. The van der Waals surface area contributed by atoms with Gasteiger partial charge in [0.1, 0.15) is 5.84 Å². The van der Waals surface area contributed by atoms with E-state index in [1.807, 2.05) is 4.90 Å². The number of aliphatic hydroxyl groups is 2. The number of aliphatic hydroxyl groups excluding tert-OH is 2. The van der Waals surface area contributed by atoms with Crippen molar-refractivity contribution in [3.8, 4) is 0 Å². The molecule has 1 saturated heterocycles. The molecule has 0 saturated carbocycles. The lowest BCUT2D eigenvalue weighted by Gasteiger charge is -2.19. The van der Waals surface area contributed by atoms with Crippen molar-refractivity contribution in [2.45, 2.75) is 12.2 Å². The molecule has 1 fully saturated rings. The summed E-state index contributed by atoms with van der Waals surface area (Å²) < 4.78 is 0. The van der Waals surface area contributed by atoms with Crippen molar-refractivity contribution >= 4 is 23.1 Å². The lowest BCUT2D eigenvalue weighted by Crippen LogP contribution is -2.22. The first kappa shape index (κ1) is 12.2. The average Bonchev–Trinajstić information content (AvgIpc) is 2.58. The number of hydrogen-bond acceptors (Lipinski definition) is 4. The van der Waals surface area contributed by atoms with Gasteiger partial charge in [-0.2, -0.15) is 0 Å². The summed E-state index contributed by atoms with van der Waals surface area (Å²) in [4.78, 5) is 1.81. The van der Waals surface area contributed by atoms with Gasteiger partial charge >= 0.3 is 0 Å². The van der Waals surface area contributed by atoms with Crippen LogP contribution in [0.15, 0.2) is 18.2 Å². The Morgan fingerprint density at radius 2 is 1.94 bits per heavy atom. The minimum atomic E-state index is -0.751. The second-order valence-corrected chi connectivity index (χ2v) is 4.53. The molecular formula is C11H14ClN3O2. The van der Waals surface area contributed by atoms with Crippen LogP contribution in [0.3, 0.4) is 0 Å². The Kier molecular flexibility index (Phi) is 3.24. The predicted molar refractivity (Wildman–Crippen MR) is 66.7 cm³/mol. The fraction of sp³-hybridized carbons (Fsp3) is 0.364. The predicted octanol–water partition coefficient (Wildman–Crippen LogP) is 0.166. The Bertz CT molecular complexity index is 442. The van der Waals surface area contributed by atoms with Crippen LogP contribution in [0.25, 0.3) is 0 Å². The Balaban J connectivity index is 2.26. The van der Waals surface area contributed by atoms with Crippen molar-refractivity contribution < 1.29 is 10.2 Å². The maximum absolute atomic E-state index is 9.47. The highest BCUT2D eigenvalue weighted by Gasteiger charge is 2.30.